The Balaban J connectivity index is 0.000000614. The lowest BCUT2D eigenvalue weighted by Crippen LogP contribution is -2.01. The summed E-state index contributed by atoms with van der Waals surface area (Å²) in [5, 5.41) is 0. The fraction of sp³-hybridized carbons (Fsp3) is 0.238. The van der Waals surface area contributed by atoms with Crippen LogP contribution in [0.2, 0.25) is 0 Å². The number of aromatic amines is 1. The first-order valence-electron chi connectivity index (χ1n) is 9.47. The second-order valence-corrected chi connectivity index (χ2v) is 7.46. The van der Waals surface area contributed by atoms with Gasteiger partial charge in [-0.25, -0.2) is 14.3 Å². The maximum atomic E-state index is 11.8. The predicted molar refractivity (Wildman–Crippen MR) is 117 cm³/mol. The van der Waals surface area contributed by atoms with Crippen molar-refractivity contribution in [3.8, 4) is 5.75 Å². The number of ether oxygens (including phenoxy) is 2. The van der Waals surface area contributed by atoms with Crippen LogP contribution in [0.1, 0.15) is 41.5 Å². The van der Waals surface area contributed by atoms with Gasteiger partial charge in [0.25, 0.3) is 0 Å². The monoisotopic (exact) mass is 448 g/mol. The van der Waals surface area contributed by atoms with Gasteiger partial charge >= 0.3 is 13.8 Å². The molecule has 0 fully saturated rings. The molecule has 0 radical (unpaired) electrons. The number of unbranched alkanes of at least 4 members (excludes halogenated alkanes) is 1. The van der Waals surface area contributed by atoms with E-state index in [1.54, 1.807) is 12.1 Å². The van der Waals surface area contributed by atoms with Crippen molar-refractivity contribution in [2.24, 2.45) is 0 Å². The lowest BCUT2D eigenvalue weighted by molar-refractivity contribution is 0.0602. The van der Waals surface area contributed by atoms with Gasteiger partial charge in [0.05, 0.1) is 24.8 Å². The van der Waals surface area contributed by atoms with Gasteiger partial charge in [-0.1, -0.05) is 37.6 Å². The summed E-state index contributed by atoms with van der Waals surface area (Å²) in [5.41, 5.74) is 2.90. The number of hydrogen-bond donors (Lipinski definition) is 4. The Morgan fingerprint density at radius 3 is 2.42 bits per heavy atom. The quantitative estimate of drug-likeness (QED) is 0.243. The smallest absolute Gasteiger partial charge is 0.466 e. The highest BCUT2D eigenvalue weighted by Crippen LogP contribution is 2.25. The molecule has 1 heterocycles. The number of benzene rings is 2. The van der Waals surface area contributed by atoms with Gasteiger partial charge < -0.3 is 29.1 Å². The molecule has 3 rings (SSSR count). The van der Waals surface area contributed by atoms with Gasteiger partial charge in [-0.15, -0.1) is 0 Å². The number of methoxy groups -OCH3 is 1. The van der Waals surface area contributed by atoms with Crippen LogP contribution in [-0.2, 0) is 9.30 Å². The molecule has 31 heavy (non-hydrogen) atoms. The molecule has 0 bridgehead atoms. The van der Waals surface area contributed by atoms with Crippen LogP contribution in [0.4, 0.5) is 0 Å². The second kappa shape index (κ2) is 11.4. The number of imidazole rings is 1. The Kier molecular flexibility index (Phi) is 8.96. The normalized spacial score (nSPS) is 11.3. The Labute approximate surface area is 179 Å². The molecule has 0 amide bonds. The van der Waals surface area contributed by atoms with E-state index in [-0.39, 0.29) is 0 Å². The molecule has 0 saturated carbocycles. The van der Waals surface area contributed by atoms with Crippen molar-refractivity contribution in [2.75, 3.05) is 13.7 Å². The van der Waals surface area contributed by atoms with Gasteiger partial charge in [0.2, 0.25) is 0 Å². The molecule has 0 unspecified atom stereocenters. The molecule has 0 aliphatic rings. The molecule has 4 N–H and O–H groups in total. The maximum absolute atomic E-state index is 11.8. The molecule has 9 nitrogen and oxygen atoms in total. The number of esters is 1. The van der Waals surface area contributed by atoms with Gasteiger partial charge in [0.15, 0.2) is 0 Å². The summed E-state index contributed by atoms with van der Waals surface area (Å²) in [6.07, 6.45) is 6.02. The van der Waals surface area contributed by atoms with Crippen molar-refractivity contribution in [1.82, 2.24) is 9.97 Å². The first-order chi connectivity index (χ1) is 14.7. The third-order valence-electron chi connectivity index (χ3n) is 4.02. The molecule has 2 aromatic carbocycles. The number of para-hydroxylation sites is 1. The van der Waals surface area contributed by atoms with E-state index in [1.807, 2.05) is 42.5 Å². The average molecular weight is 448 g/mol. The number of H-pyrrole nitrogens is 1. The van der Waals surface area contributed by atoms with Crippen LogP contribution in [0, 0.1) is 0 Å². The fourth-order valence-electron chi connectivity index (χ4n) is 2.59. The van der Waals surface area contributed by atoms with Crippen LogP contribution in [0.25, 0.3) is 23.2 Å². The van der Waals surface area contributed by atoms with Crippen molar-refractivity contribution in [3.05, 3.63) is 59.4 Å². The summed E-state index contributed by atoms with van der Waals surface area (Å²) >= 11 is 0. The largest absolute Gasteiger partial charge is 0.494 e. The van der Waals surface area contributed by atoms with E-state index >= 15 is 0 Å². The zero-order valence-electron chi connectivity index (χ0n) is 17.2. The molecular weight excluding hydrogens is 423 g/mol. The zero-order valence-corrected chi connectivity index (χ0v) is 18.1. The lowest BCUT2D eigenvalue weighted by Gasteiger charge is -2.04. The van der Waals surface area contributed by atoms with Gasteiger partial charge in [0, 0.05) is 0 Å². The van der Waals surface area contributed by atoms with Gasteiger partial charge in [-0.05, 0) is 42.3 Å². The summed E-state index contributed by atoms with van der Waals surface area (Å²) in [6.45, 7) is 2.89. The fourth-order valence-corrected chi connectivity index (χ4v) is 2.59. The average Bonchev–Trinajstić information content (AvgIpc) is 3.15. The Hall–Kier alpha value is -2.97. The van der Waals surface area contributed by atoms with Crippen LogP contribution < -0.4 is 4.74 Å². The molecule has 0 atom stereocenters. The Morgan fingerprint density at radius 1 is 1.13 bits per heavy atom. The minimum absolute atomic E-state index is 0.392. The minimum Gasteiger partial charge on any atom is -0.494 e. The third-order valence-corrected chi connectivity index (χ3v) is 4.02. The van der Waals surface area contributed by atoms with E-state index in [9.17, 15) is 4.79 Å². The number of nitrogens with zero attached hydrogens (tertiary/aromatic N) is 1. The molecule has 0 saturated heterocycles. The summed E-state index contributed by atoms with van der Waals surface area (Å²) in [7, 11) is -3.27. The topological polar surface area (TPSA) is 142 Å². The number of phosphoric acid groups is 1. The van der Waals surface area contributed by atoms with E-state index in [4.69, 9.17) is 28.7 Å². The van der Waals surface area contributed by atoms with E-state index < -0.39 is 13.8 Å². The van der Waals surface area contributed by atoms with Crippen LogP contribution >= 0.6 is 7.82 Å². The molecular formula is C21H25N2O7P. The zero-order chi connectivity index (χ0) is 22.9. The molecule has 166 valence electrons. The van der Waals surface area contributed by atoms with E-state index in [0.29, 0.717) is 16.9 Å². The Morgan fingerprint density at radius 2 is 1.81 bits per heavy atom. The van der Waals surface area contributed by atoms with Crippen LogP contribution in [0.5, 0.6) is 5.75 Å². The summed E-state index contributed by atoms with van der Waals surface area (Å²) in [6, 6.07) is 13.3. The number of carbonyl (C=O) groups excluding carboxylic acids is 1. The van der Waals surface area contributed by atoms with Gasteiger partial charge in [-0.2, -0.15) is 0 Å². The molecule has 0 spiro atoms. The molecule has 0 aliphatic heterocycles. The van der Waals surface area contributed by atoms with Gasteiger partial charge in [0.1, 0.15) is 17.1 Å². The number of fused-ring (bicyclic) bond motifs is 1. The van der Waals surface area contributed by atoms with E-state index in [2.05, 4.69) is 16.9 Å². The molecule has 3 aromatic rings. The highest BCUT2D eigenvalue weighted by atomic mass is 31.2. The van der Waals surface area contributed by atoms with Crippen molar-refractivity contribution in [2.45, 2.75) is 19.8 Å². The SMILES string of the molecule is CCCCOc1ccc(/C=C/c2nc3c(C(=O)OC)cccc3[nH]2)cc1.O=P(O)(O)O. The Bertz CT molecular complexity index is 1060. The van der Waals surface area contributed by atoms with Crippen LogP contribution in [0.3, 0.4) is 0 Å². The number of carbonyl (C=O) groups is 1. The van der Waals surface area contributed by atoms with E-state index in [1.165, 1.54) is 7.11 Å². The predicted octanol–water partition coefficient (Wildman–Crippen LogP) is 3.77. The molecule has 10 heteroatoms. The summed E-state index contributed by atoms with van der Waals surface area (Å²) in [4.78, 5) is 41.1. The van der Waals surface area contributed by atoms with Crippen LogP contribution in [-0.4, -0.2) is 44.3 Å². The second-order valence-electron chi connectivity index (χ2n) is 6.43. The number of hydrogen-bond acceptors (Lipinski definition) is 5. The number of rotatable bonds is 7. The number of nitrogens with one attached hydrogen (secondary N) is 1. The highest BCUT2D eigenvalue weighted by molar-refractivity contribution is 7.45. The third kappa shape index (κ3) is 8.35. The minimum atomic E-state index is -4.64. The number of aromatic nitrogens is 2. The molecule has 0 aliphatic carbocycles. The summed E-state index contributed by atoms with van der Waals surface area (Å²) < 4.78 is 19.4. The van der Waals surface area contributed by atoms with E-state index in [0.717, 1.165) is 36.3 Å². The lowest BCUT2D eigenvalue weighted by atomic mass is 10.2. The van der Waals surface area contributed by atoms with Crippen molar-refractivity contribution in [3.63, 3.8) is 0 Å². The van der Waals surface area contributed by atoms with Gasteiger partial charge in [-0.3, -0.25) is 0 Å². The highest BCUT2D eigenvalue weighted by Gasteiger charge is 2.12. The first kappa shape index (κ1) is 24.3. The maximum Gasteiger partial charge on any atom is 0.466 e. The van der Waals surface area contributed by atoms with Crippen LogP contribution in [0.15, 0.2) is 42.5 Å². The summed E-state index contributed by atoms with van der Waals surface area (Å²) in [5.74, 6) is 1.16. The van der Waals surface area contributed by atoms with Crippen molar-refractivity contribution >= 4 is 37.0 Å². The van der Waals surface area contributed by atoms with Crippen molar-refractivity contribution in [1.29, 1.82) is 0 Å². The standard InChI is InChI=1S/C21H22N2O3.H3O4P/c1-3-4-14-26-16-11-8-15(9-12-16)10-13-19-22-18-7-5-6-17(20(18)23-19)21(24)25-2;1-5(2,3)4/h5-13H,3-4,14H2,1-2H3,(H,22,23);(H3,1,2,3,4)/b13-10+;. The molecule has 1 aromatic heterocycles. The van der Waals surface area contributed by atoms with Crippen molar-refractivity contribution < 1.29 is 33.5 Å². The first-order valence-corrected chi connectivity index (χ1v) is 11.0.